The molecule has 0 aliphatic carbocycles. The van der Waals surface area contributed by atoms with Crippen molar-refractivity contribution in [3.05, 3.63) is 47.0 Å². The third kappa shape index (κ3) is 2.62. The Morgan fingerprint density at radius 2 is 1.30 bits per heavy atom. The number of rotatable bonds is 6. The summed E-state index contributed by atoms with van der Waals surface area (Å²) < 4.78 is 15.9. The number of amides is 3. The summed E-state index contributed by atoms with van der Waals surface area (Å²) in [6.45, 7) is -0.122. The first-order chi connectivity index (χ1) is 14.4. The summed E-state index contributed by atoms with van der Waals surface area (Å²) in [5.41, 5.74) is 0.971. The summed E-state index contributed by atoms with van der Waals surface area (Å²) in [6.07, 6.45) is 0. The molecular formula is C21H18N2O7. The first-order valence-electron chi connectivity index (χ1n) is 9.09. The lowest BCUT2D eigenvalue weighted by atomic mass is 10.1. The van der Waals surface area contributed by atoms with Crippen LogP contribution in [0.4, 0.5) is 5.69 Å². The van der Waals surface area contributed by atoms with Crippen molar-refractivity contribution >= 4 is 29.2 Å². The van der Waals surface area contributed by atoms with Gasteiger partial charge in [0.1, 0.15) is 0 Å². The van der Waals surface area contributed by atoms with Crippen molar-refractivity contribution in [3.8, 4) is 17.2 Å². The van der Waals surface area contributed by atoms with Crippen LogP contribution in [-0.4, -0.2) is 62.8 Å². The molecule has 0 aromatic heterocycles. The number of benzene rings is 2. The summed E-state index contributed by atoms with van der Waals surface area (Å²) in [7, 11) is 4.18. The monoisotopic (exact) mass is 410 g/mol. The molecule has 0 unspecified atom stereocenters. The van der Waals surface area contributed by atoms with E-state index in [0.29, 0.717) is 11.1 Å². The summed E-state index contributed by atoms with van der Waals surface area (Å²) in [5, 5.41) is 0. The van der Waals surface area contributed by atoms with Gasteiger partial charge in [-0.2, -0.15) is 0 Å². The van der Waals surface area contributed by atoms with Crippen LogP contribution >= 0.6 is 0 Å². The molecular weight excluding hydrogens is 392 g/mol. The van der Waals surface area contributed by atoms with Crippen molar-refractivity contribution in [3.63, 3.8) is 0 Å². The highest BCUT2D eigenvalue weighted by Crippen LogP contribution is 2.48. The van der Waals surface area contributed by atoms with Gasteiger partial charge in [-0.25, -0.2) is 0 Å². The van der Waals surface area contributed by atoms with Gasteiger partial charge in [-0.1, -0.05) is 12.1 Å². The molecule has 2 heterocycles. The number of ether oxygens (including phenoxy) is 3. The Bertz CT molecular complexity index is 1070. The van der Waals surface area contributed by atoms with Crippen LogP contribution in [0.1, 0.15) is 31.1 Å². The van der Waals surface area contributed by atoms with Gasteiger partial charge in [-0.15, -0.1) is 0 Å². The Labute approximate surface area is 171 Å². The maximum absolute atomic E-state index is 12.7. The topological polar surface area (TPSA) is 102 Å². The first kappa shape index (κ1) is 19.4. The predicted octanol–water partition coefficient (Wildman–Crippen LogP) is 1.54. The lowest BCUT2D eigenvalue weighted by Gasteiger charge is -2.22. The molecule has 3 amide bonds. The second-order valence-electron chi connectivity index (χ2n) is 6.63. The Balaban J connectivity index is 1.67. The van der Waals surface area contributed by atoms with Crippen LogP contribution in [0.3, 0.4) is 0 Å². The van der Waals surface area contributed by atoms with Crippen LogP contribution < -0.4 is 19.1 Å². The van der Waals surface area contributed by atoms with Crippen LogP contribution in [0.2, 0.25) is 0 Å². The van der Waals surface area contributed by atoms with E-state index in [2.05, 4.69) is 0 Å². The number of hydrogen-bond acceptors (Lipinski definition) is 7. The van der Waals surface area contributed by atoms with Gasteiger partial charge in [0, 0.05) is 19.2 Å². The van der Waals surface area contributed by atoms with Gasteiger partial charge in [0.05, 0.1) is 43.7 Å². The fourth-order valence-electron chi connectivity index (χ4n) is 3.78. The van der Waals surface area contributed by atoms with Crippen LogP contribution in [-0.2, 0) is 4.79 Å². The summed E-state index contributed by atoms with van der Waals surface area (Å²) in [4.78, 5) is 52.7. The van der Waals surface area contributed by atoms with E-state index in [1.807, 2.05) is 0 Å². The van der Waals surface area contributed by atoms with E-state index in [1.165, 1.54) is 32.3 Å². The number of fused-ring (bicyclic) bond motifs is 2. The second-order valence-corrected chi connectivity index (χ2v) is 6.63. The van der Waals surface area contributed by atoms with Crippen molar-refractivity contribution in [1.82, 2.24) is 4.90 Å². The molecule has 30 heavy (non-hydrogen) atoms. The number of nitrogens with zero attached hydrogens (tertiary/aromatic N) is 2. The molecule has 2 aliphatic heterocycles. The molecule has 0 atom stereocenters. The average molecular weight is 410 g/mol. The lowest BCUT2D eigenvalue weighted by Crippen LogP contribution is -2.40. The molecule has 0 N–H and O–H groups in total. The van der Waals surface area contributed by atoms with Crippen LogP contribution in [0, 0.1) is 0 Å². The third-order valence-corrected chi connectivity index (χ3v) is 5.19. The SMILES string of the molecule is COc1cc2c(c(OC)c1OC)C(=O)C(=O)N2CCN1C(=O)c2ccccc2C1=O. The van der Waals surface area contributed by atoms with Crippen LogP contribution in [0.25, 0.3) is 0 Å². The average Bonchev–Trinajstić information content (AvgIpc) is 3.15. The minimum atomic E-state index is -0.782. The fraction of sp³-hybridized carbons (Fsp3) is 0.238. The van der Waals surface area contributed by atoms with Gasteiger partial charge in [0.2, 0.25) is 5.75 Å². The molecule has 0 saturated heterocycles. The van der Waals surface area contributed by atoms with Crippen molar-refractivity contribution in [1.29, 1.82) is 0 Å². The molecule has 154 valence electrons. The Morgan fingerprint density at radius 3 is 1.83 bits per heavy atom. The van der Waals surface area contributed by atoms with E-state index in [1.54, 1.807) is 24.3 Å². The van der Waals surface area contributed by atoms with E-state index in [0.717, 1.165) is 4.90 Å². The maximum atomic E-state index is 12.7. The number of carbonyl (C=O) groups is 4. The predicted molar refractivity (Wildman–Crippen MR) is 105 cm³/mol. The Morgan fingerprint density at radius 1 is 0.733 bits per heavy atom. The zero-order valence-electron chi connectivity index (χ0n) is 16.6. The van der Waals surface area contributed by atoms with Crippen molar-refractivity contribution in [2.75, 3.05) is 39.3 Å². The highest BCUT2D eigenvalue weighted by atomic mass is 16.5. The number of imide groups is 1. The molecule has 9 nitrogen and oxygen atoms in total. The summed E-state index contributed by atoms with van der Waals surface area (Å²) >= 11 is 0. The smallest absolute Gasteiger partial charge is 0.299 e. The van der Waals surface area contributed by atoms with Gasteiger partial charge in [0.25, 0.3) is 23.5 Å². The van der Waals surface area contributed by atoms with Gasteiger partial charge in [0.15, 0.2) is 11.5 Å². The zero-order chi connectivity index (χ0) is 21.6. The van der Waals surface area contributed by atoms with Crippen LogP contribution in [0.15, 0.2) is 30.3 Å². The fourth-order valence-corrected chi connectivity index (χ4v) is 3.78. The normalized spacial score (nSPS) is 14.9. The molecule has 9 heteroatoms. The van der Waals surface area contributed by atoms with Gasteiger partial charge < -0.3 is 19.1 Å². The van der Waals surface area contributed by atoms with E-state index in [-0.39, 0.29) is 41.6 Å². The maximum Gasteiger partial charge on any atom is 0.299 e. The number of ketones is 1. The largest absolute Gasteiger partial charge is 0.493 e. The molecule has 4 rings (SSSR count). The van der Waals surface area contributed by atoms with E-state index in [4.69, 9.17) is 14.2 Å². The summed E-state index contributed by atoms with van der Waals surface area (Å²) in [6, 6.07) is 8.02. The number of methoxy groups -OCH3 is 3. The molecule has 2 aliphatic rings. The van der Waals surface area contributed by atoms with Gasteiger partial charge in [-0.05, 0) is 12.1 Å². The standard InChI is InChI=1S/C21H18N2O7/c1-28-14-10-13-15(18(30-3)17(14)29-2)16(24)21(27)22(13)8-9-23-19(25)11-6-4-5-7-12(11)20(23)26/h4-7,10H,8-9H2,1-3H3. The first-order valence-corrected chi connectivity index (χ1v) is 9.09. The van der Waals surface area contributed by atoms with E-state index in [9.17, 15) is 19.2 Å². The lowest BCUT2D eigenvalue weighted by molar-refractivity contribution is -0.114. The minimum absolute atomic E-state index is 0.0539. The van der Waals surface area contributed by atoms with Crippen molar-refractivity contribution in [2.24, 2.45) is 0 Å². The van der Waals surface area contributed by atoms with Crippen molar-refractivity contribution < 1.29 is 33.4 Å². The minimum Gasteiger partial charge on any atom is -0.493 e. The molecule has 0 saturated carbocycles. The molecule has 0 radical (unpaired) electrons. The summed E-state index contributed by atoms with van der Waals surface area (Å²) in [5.74, 6) is -1.84. The Kier molecular flexibility index (Phi) is 4.65. The molecule has 2 aromatic rings. The number of carbonyl (C=O) groups excluding carboxylic acids is 4. The molecule has 0 spiro atoms. The highest BCUT2D eigenvalue weighted by molar-refractivity contribution is 6.53. The second kappa shape index (κ2) is 7.18. The number of anilines is 1. The van der Waals surface area contributed by atoms with E-state index >= 15 is 0 Å². The third-order valence-electron chi connectivity index (χ3n) is 5.19. The van der Waals surface area contributed by atoms with Gasteiger partial charge in [-0.3, -0.25) is 24.1 Å². The molecule has 2 aromatic carbocycles. The van der Waals surface area contributed by atoms with Crippen molar-refractivity contribution in [2.45, 2.75) is 0 Å². The van der Waals surface area contributed by atoms with Gasteiger partial charge >= 0.3 is 0 Å². The highest BCUT2D eigenvalue weighted by Gasteiger charge is 2.42. The number of hydrogen-bond donors (Lipinski definition) is 0. The molecule has 0 bridgehead atoms. The van der Waals surface area contributed by atoms with E-state index < -0.39 is 23.5 Å². The quantitative estimate of drug-likeness (QED) is 0.526. The zero-order valence-corrected chi connectivity index (χ0v) is 16.6. The number of Topliss-reactive ketones (excluding diaryl/α,β-unsaturated/α-hetero) is 1. The molecule has 0 fully saturated rings. The Hall–Kier alpha value is -3.88. The van der Waals surface area contributed by atoms with Crippen LogP contribution in [0.5, 0.6) is 17.2 Å².